The summed E-state index contributed by atoms with van der Waals surface area (Å²) in [5.41, 5.74) is 9.23. The summed E-state index contributed by atoms with van der Waals surface area (Å²) < 4.78 is 25.9. The summed E-state index contributed by atoms with van der Waals surface area (Å²) in [5.74, 6) is 0. The predicted molar refractivity (Wildman–Crippen MR) is 75.0 cm³/mol. The second-order valence-electron chi connectivity index (χ2n) is 4.57. The van der Waals surface area contributed by atoms with Crippen LogP contribution in [0.3, 0.4) is 0 Å². The highest BCUT2D eigenvalue weighted by molar-refractivity contribution is 5.67. The van der Waals surface area contributed by atoms with Gasteiger partial charge in [0, 0.05) is 22.6 Å². The number of anilines is 3. The molecular weight excluding hydrogens is 246 g/mol. The van der Waals surface area contributed by atoms with E-state index in [1.165, 1.54) is 6.07 Å². The van der Waals surface area contributed by atoms with Gasteiger partial charge in [-0.25, -0.2) is 8.78 Å². The van der Waals surface area contributed by atoms with E-state index >= 15 is 0 Å². The maximum Gasteiger partial charge on any atom is 0.265 e. The molecule has 4 heteroatoms. The molecule has 0 bridgehead atoms. The zero-order chi connectivity index (χ0) is 14.0. The van der Waals surface area contributed by atoms with Gasteiger partial charge in [0.2, 0.25) is 0 Å². The first-order chi connectivity index (χ1) is 8.97. The van der Waals surface area contributed by atoms with Crippen LogP contribution >= 0.6 is 0 Å². The molecule has 2 aromatic carbocycles. The van der Waals surface area contributed by atoms with Crippen LogP contribution in [0.25, 0.3) is 0 Å². The molecule has 2 nitrogen and oxygen atoms in total. The largest absolute Gasteiger partial charge is 0.399 e. The highest BCUT2D eigenvalue weighted by atomic mass is 19.3. The van der Waals surface area contributed by atoms with Crippen LogP contribution in [0.1, 0.15) is 23.1 Å². The first-order valence-corrected chi connectivity index (χ1v) is 5.99. The predicted octanol–water partition coefficient (Wildman–Crippen LogP) is 4.57. The van der Waals surface area contributed by atoms with E-state index in [1.54, 1.807) is 12.1 Å². The second kappa shape index (κ2) is 5.26. The zero-order valence-electron chi connectivity index (χ0n) is 10.9. The lowest BCUT2D eigenvalue weighted by Crippen LogP contribution is -1.99. The molecule has 19 heavy (non-hydrogen) atoms. The van der Waals surface area contributed by atoms with E-state index in [9.17, 15) is 8.78 Å². The number of hydrogen-bond acceptors (Lipinski definition) is 2. The normalized spacial score (nSPS) is 10.8. The Labute approximate surface area is 111 Å². The Balaban J connectivity index is 2.35. The van der Waals surface area contributed by atoms with Crippen molar-refractivity contribution < 1.29 is 8.78 Å². The molecular formula is C15H16F2N2. The average Bonchev–Trinajstić information content (AvgIpc) is 2.36. The van der Waals surface area contributed by atoms with E-state index in [4.69, 9.17) is 5.73 Å². The average molecular weight is 262 g/mol. The van der Waals surface area contributed by atoms with Gasteiger partial charge < -0.3 is 11.1 Å². The first kappa shape index (κ1) is 13.3. The quantitative estimate of drug-likeness (QED) is 0.795. The topological polar surface area (TPSA) is 38.0 Å². The summed E-state index contributed by atoms with van der Waals surface area (Å²) in [6.45, 7) is 3.99. The van der Waals surface area contributed by atoms with Gasteiger partial charge in [0.1, 0.15) is 0 Å². The lowest BCUT2D eigenvalue weighted by atomic mass is 10.1. The molecule has 0 unspecified atom stereocenters. The Kier molecular flexibility index (Phi) is 3.69. The fourth-order valence-corrected chi connectivity index (χ4v) is 1.85. The Hall–Kier alpha value is -2.10. The Morgan fingerprint density at radius 2 is 1.74 bits per heavy atom. The number of halogens is 2. The molecule has 0 aliphatic heterocycles. The molecule has 2 rings (SSSR count). The van der Waals surface area contributed by atoms with E-state index in [0.717, 1.165) is 16.8 Å². The van der Waals surface area contributed by atoms with Crippen molar-refractivity contribution in [2.75, 3.05) is 11.1 Å². The van der Waals surface area contributed by atoms with Crippen molar-refractivity contribution in [1.82, 2.24) is 0 Å². The van der Waals surface area contributed by atoms with Gasteiger partial charge in [0.25, 0.3) is 6.43 Å². The van der Waals surface area contributed by atoms with Crippen molar-refractivity contribution in [2.45, 2.75) is 20.3 Å². The van der Waals surface area contributed by atoms with Gasteiger partial charge in [0.05, 0.1) is 0 Å². The molecule has 100 valence electrons. The van der Waals surface area contributed by atoms with Gasteiger partial charge in [-0.1, -0.05) is 6.07 Å². The fourth-order valence-electron chi connectivity index (χ4n) is 1.85. The number of nitrogens with two attached hydrogens (primary N) is 1. The van der Waals surface area contributed by atoms with Crippen LogP contribution in [0.4, 0.5) is 25.8 Å². The Bertz CT molecular complexity index is 595. The summed E-state index contributed by atoms with van der Waals surface area (Å²) in [6, 6.07) is 10.2. The van der Waals surface area contributed by atoms with Crippen molar-refractivity contribution in [3.63, 3.8) is 0 Å². The summed E-state index contributed by atoms with van der Waals surface area (Å²) in [5, 5.41) is 3.01. The van der Waals surface area contributed by atoms with Crippen molar-refractivity contribution in [2.24, 2.45) is 0 Å². The molecule has 3 N–H and O–H groups in total. The minimum atomic E-state index is -2.56. The van der Waals surface area contributed by atoms with Gasteiger partial charge >= 0.3 is 0 Å². The van der Waals surface area contributed by atoms with Gasteiger partial charge in [-0.05, 0) is 55.3 Å². The third-order valence-corrected chi connectivity index (χ3v) is 3.10. The van der Waals surface area contributed by atoms with Gasteiger partial charge in [-0.2, -0.15) is 0 Å². The maximum absolute atomic E-state index is 13.0. The molecule has 0 fully saturated rings. The minimum absolute atomic E-state index is 0.0850. The van der Waals surface area contributed by atoms with Crippen LogP contribution in [-0.2, 0) is 0 Å². The monoisotopic (exact) mass is 262 g/mol. The molecule has 0 saturated carbocycles. The number of rotatable bonds is 3. The summed E-state index contributed by atoms with van der Waals surface area (Å²) in [7, 11) is 0. The third kappa shape index (κ3) is 3.02. The lowest BCUT2D eigenvalue weighted by Gasteiger charge is -2.13. The molecule has 0 aliphatic carbocycles. The van der Waals surface area contributed by atoms with Crippen LogP contribution in [0.5, 0.6) is 0 Å². The highest BCUT2D eigenvalue weighted by Gasteiger charge is 2.13. The maximum atomic E-state index is 13.0. The number of nitrogen functional groups attached to an aromatic ring is 1. The molecule has 0 aromatic heterocycles. The van der Waals surface area contributed by atoms with E-state index in [2.05, 4.69) is 5.32 Å². The molecule has 0 heterocycles. The van der Waals surface area contributed by atoms with Crippen molar-refractivity contribution in [3.8, 4) is 0 Å². The number of benzene rings is 2. The molecule has 0 amide bonds. The number of nitrogens with one attached hydrogen (secondary N) is 1. The third-order valence-electron chi connectivity index (χ3n) is 3.10. The fraction of sp³-hybridized carbons (Fsp3) is 0.200. The van der Waals surface area contributed by atoms with Gasteiger partial charge in [-0.15, -0.1) is 0 Å². The van der Waals surface area contributed by atoms with Crippen LogP contribution in [0.2, 0.25) is 0 Å². The molecule has 0 radical (unpaired) electrons. The highest BCUT2D eigenvalue weighted by Crippen LogP contribution is 2.31. The number of alkyl halides is 2. The van der Waals surface area contributed by atoms with Gasteiger partial charge in [0.15, 0.2) is 0 Å². The smallest absolute Gasteiger partial charge is 0.265 e. The molecule has 0 aliphatic rings. The number of hydrogen-bond donors (Lipinski definition) is 2. The summed E-state index contributed by atoms with van der Waals surface area (Å²) >= 11 is 0. The Morgan fingerprint density at radius 1 is 1.00 bits per heavy atom. The van der Waals surface area contributed by atoms with Crippen LogP contribution in [0.15, 0.2) is 36.4 Å². The molecule has 0 saturated heterocycles. The minimum Gasteiger partial charge on any atom is -0.399 e. The Morgan fingerprint density at radius 3 is 2.37 bits per heavy atom. The van der Waals surface area contributed by atoms with E-state index in [0.29, 0.717) is 11.4 Å². The van der Waals surface area contributed by atoms with E-state index < -0.39 is 6.43 Å². The second-order valence-corrected chi connectivity index (χ2v) is 4.57. The van der Waals surface area contributed by atoms with Crippen molar-refractivity contribution >= 4 is 17.1 Å². The number of aryl methyl sites for hydroxylation is 2. The van der Waals surface area contributed by atoms with E-state index in [1.807, 2.05) is 32.0 Å². The van der Waals surface area contributed by atoms with E-state index in [-0.39, 0.29) is 5.56 Å². The lowest BCUT2D eigenvalue weighted by molar-refractivity contribution is 0.152. The summed E-state index contributed by atoms with van der Waals surface area (Å²) in [6.07, 6.45) is -2.56. The molecule has 2 aromatic rings. The molecule has 0 atom stereocenters. The SMILES string of the molecule is Cc1ccc(Nc2ccc(N)cc2C(F)F)cc1C. The van der Waals surface area contributed by atoms with Crippen molar-refractivity contribution in [3.05, 3.63) is 53.1 Å². The molecule has 0 spiro atoms. The zero-order valence-corrected chi connectivity index (χ0v) is 10.9. The van der Waals surface area contributed by atoms with Crippen LogP contribution in [-0.4, -0.2) is 0 Å². The van der Waals surface area contributed by atoms with Crippen LogP contribution in [0, 0.1) is 13.8 Å². The summed E-state index contributed by atoms with van der Waals surface area (Å²) in [4.78, 5) is 0. The van der Waals surface area contributed by atoms with Gasteiger partial charge in [-0.3, -0.25) is 0 Å². The first-order valence-electron chi connectivity index (χ1n) is 5.99. The van der Waals surface area contributed by atoms with Crippen LogP contribution < -0.4 is 11.1 Å². The standard InChI is InChI=1S/C15H16F2N2/c1-9-3-5-12(7-10(9)2)19-14-6-4-11(18)8-13(14)15(16)17/h3-8,15,19H,18H2,1-2H3. The van der Waals surface area contributed by atoms with Crippen molar-refractivity contribution in [1.29, 1.82) is 0 Å².